The molecule has 5 nitrogen and oxygen atoms in total. The molecular weight excluding hydrogens is 250 g/mol. The number of rotatable bonds is 5. The SMILES string of the molecule is CSC1(CNCc2cc(=O)n(C)c(=O)n2C)CC1. The zero-order valence-electron chi connectivity index (χ0n) is 11.0. The molecule has 1 aliphatic rings. The van der Waals surface area contributed by atoms with Gasteiger partial charge < -0.3 is 5.32 Å². The smallest absolute Gasteiger partial charge is 0.310 e. The molecule has 100 valence electrons. The summed E-state index contributed by atoms with van der Waals surface area (Å²) < 4.78 is 3.03. The molecule has 1 aliphatic carbocycles. The molecule has 1 heterocycles. The van der Waals surface area contributed by atoms with Gasteiger partial charge in [0.25, 0.3) is 5.56 Å². The van der Waals surface area contributed by atoms with Gasteiger partial charge in [-0.05, 0) is 19.1 Å². The third kappa shape index (κ3) is 2.54. The van der Waals surface area contributed by atoms with E-state index in [4.69, 9.17) is 0 Å². The maximum atomic E-state index is 11.7. The van der Waals surface area contributed by atoms with Gasteiger partial charge in [-0.3, -0.25) is 13.9 Å². The molecule has 0 amide bonds. The number of hydrogen-bond donors (Lipinski definition) is 1. The summed E-state index contributed by atoms with van der Waals surface area (Å²) in [5.74, 6) is 0. The van der Waals surface area contributed by atoms with Crippen LogP contribution in [-0.2, 0) is 20.6 Å². The highest BCUT2D eigenvalue weighted by atomic mass is 32.2. The number of nitrogens with zero attached hydrogens (tertiary/aromatic N) is 2. The third-order valence-corrected chi connectivity index (χ3v) is 5.04. The van der Waals surface area contributed by atoms with Gasteiger partial charge in [0.1, 0.15) is 0 Å². The number of hydrogen-bond acceptors (Lipinski definition) is 4. The van der Waals surface area contributed by atoms with Crippen molar-refractivity contribution in [1.82, 2.24) is 14.5 Å². The summed E-state index contributed by atoms with van der Waals surface area (Å²) in [5.41, 5.74) is 0.214. The van der Waals surface area contributed by atoms with Gasteiger partial charge in [-0.25, -0.2) is 4.79 Å². The van der Waals surface area contributed by atoms with Gasteiger partial charge in [0.2, 0.25) is 0 Å². The van der Waals surface area contributed by atoms with Gasteiger partial charge in [0, 0.05) is 43.7 Å². The van der Waals surface area contributed by atoms with Gasteiger partial charge in [-0.1, -0.05) is 0 Å². The average molecular weight is 269 g/mol. The van der Waals surface area contributed by atoms with Crippen molar-refractivity contribution in [3.05, 3.63) is 32.6 Å². The van der Waals surface area contributed by atoms with Crippen LogP contribution in [0.4, 0.5) is 0 Å². The van der Waals surface area contributed by atoms with E-state index in [9.17, 15) is 9.59 Å². The Bertz CT molecular complexity index is 557. The summed E-state index contributed by atoms with van der Waals surface area (Å²) in [6, 6.07) is 1.52. The molecule has 1 aromatic rings. The second-order valence-corrected chi connectivity index (χ2v) is 6.14. The number of aromatic nitrogens is 2. The maximum absolute atomic E-state index is 11.7. The van der Waals surface area contributed by atoms with Crippen molar-refractivity contribution in [1.29, 1.82) is 0 Å². The van der Waals surface area contributed by atoms with E-state index in [-0.39, 0.29) is 11.2 Å². The monoisotopic (exact) mass is 269 g/mol. The zero-order chi connectivity index (χ0) is 13.3. The van der Waals surface area contributed by atoms with E-state index in [1.165, 1.54) is 30.5 Å². The summed E-state index contributed by atoms with van der Waals surface area (Å²) in [6.07, 6.45) is 4.62. The molecule has 0 unspecified atom stereocenters. The summed E-state index contributed by atoms with van der Waals surface area (Å²) in [6.45, 7) is 1.49. The Balaban J connectivity index is 2.06. The van der Waals surface area contributed by atoms with E-state index in [0.717, 1.165) is 16.8 Å². The number of nitrogens with one attached hydrogen (secondary N) is 1. The van der Waals surface area contributed by atoms with Crippen molar-refractivity contribution in [3.8, 4) is 0 Å². The first-order valence-electron chi connectivity index (χ1n) is 6.01. The average Bonchev–Trinajstić information content (AvgIpc) is 3.13. The Labute approximate surface area is 110 Å². The molecule has 18 heavy (non-hydrogen) atoms. The standard InChI is InChI=1S/C12H19N3O2S/c1-14-9(6-10(16)15(2)11(14)17)7-13-8-12(18-3)4-5-12/h6,13H,4-5,7-8H2,1-3H3. The topological polar surface area (TPSA) is 56.0 Å². The van der Waals surface area contributed by atoms with Gasteiger partial charge in [-0.15, -0.1) is 0 Å². The Morgan fingerprint density at radius 3 is 2.56 bits per heavy atom. The highest BCUT2D eigenvalue weighted by Crippen LogP contribution is 2.46. The van der Waals surface area contributed by atoms with Crippen LogP contribution in [0.3, 0.4) is 0 Å². The second-order valence-electron chi connectivity index (χ2n) is 4.87. The van der Waals surface area contributed by atoms with Crippen LogP contribution in [0.1, 0.15) is 18.5 Å². The van der Waals surface area contributed by atoms with Gasteiger partial charge in [0.15, 0.2) is 0 Å². The summed E-state index contributed by atoms with van der Waals surface area (Å²) >= 11 is 1.89. The molecule has 6 heteroatoms. The molecule has 2 rings (SSSR count). The van der Waals surface area contributed by atoms with Crippen LogP contribution in [0.2, 0.25) is 0 Å². The molecular formula is C12H19N3O2S. The lowest BCUT2D eigenvalue weighted by molar-refractivity contribution is 0.593. The highest BCUT2D eigenvalue weighted by molar-refractivity contribution is 8.00. The van der Waals surface area contributed by atoms with Crippen molar-refractivity contribution in [2.45, 2.75) is 24.1 Å². The lowest BCUT2D eigenvalue weighted by Crippen LogP contribution is -2.39. The van der Waals surface area contributed by atoms with Crippen molar-refractivity contribution >= 4 is 11.8 Å². The second kappa shape index (κ2) is 4.93. The van der Waals surface area contributed by atoms with Crippen LogP contribution in [0.15, 0.2) is 15.7 Å². The van der Waals surface area contributed by atoms with E-state index < -0.39 is 0 Å². The van der Waals surface area contributed by atoms with Gasteiger partial charge in [0.05, 0.1) is 0 Å². The van der Waals surface area contributed by atoms with Crippen molar-refractivity contribution < 1.29 is 0 Å². The predicted molar refractivity (Wildman–Crippen MR) is 74.1 cm³/mol. The van der Waals surface area contributed by atoms with E-state index in [1.807, 2.05) is 11.8 Å². The molecule has 1 N–H and O–H groups in total. The highest BCUT2D eigenvalue weighted by Gasteiger charge is 2.41. The van der Waals surface area contributed by atoms with E-state index in [2.05, 4.69) is 11.6 Å². The molecule has 1 saturated carbocycles. The van der Waals surface area contributed by atoms with E-state index >= 15 is 0 Å². The summed E-state index contributed by atoms with van der Waals surface area (Å²) in [7, 11) is 3.19. The van der Waals surface area contributed by atoms with Crippen LogP contribution >= 0.6 is 11.8 Å². The first-order chi connectivity index (χ1) is 8.49. The van der Waals surface area contributed by atoms with Crippen molar-refractivity contribution in [3.63, 3.8) is 0 Å². The predicted octanol–water partition coefficient (Wildman–Crippen LogP) is 0.0692. The van der Waals surface area contributed by atoms with Crippen molar-refractivity contribution in [2.75, 3.05) is 12.8 Å². The molecule has 0 radical (unpaired) electrons. The largest absolute Gasteiger partial charge is 0.330 e. The fourth-order valence-corrected chi connectivity index (χ4v) is 2.72. The van der Waals surface area contributed by atoms with Crippen LogP contribution in [0.5, 0.6) is 0 Å². The first kappa shape index (κ1) is 13.4. The minimum atomic E-state index is -0.273. The lowest BCUT2D eigenvalue weighted by Gasteiger charge is -2.14. The molecule has 1 fully saturated rings. The molecule has 0 atom stereocenters. The Morgan fingerprint density at radius 2 is 2.00 bits per heavy atom. The summed E-state index contributed by atoms with van der Waals surface area (Å²) in [5, 5.41) is 3.34. The van der Waals surface area contributed by atoms with E-state index in [0.29, 0.717) is 11.3 Å². The molecule has 0 bridgehead atoms. The van der Waals surface area contributed by atoms with Gasteiger partial charge >= 0.3 is 5.69 Å². The van der Waals surface area contributed by atoms with Crippen LogP contribution < -0.4 is 16.6 Å². The van der Waals surface area contributed by atoms with E-state index in [1.54, 1.807) is 7.05 Å². The molecule has 0 aromatic carbocycles. The van der Waals surface area contributed by atoms with Crippen molar-refractivity contribution in [2.24, 2.45) is 14.1 Å². The van der Waals surface area contributed by atoms with Crippen LogP contribution in [0, 0.1) is 0 Å². The van der Waals surface area contributed by atoms with Crippen LogP contribution in [0.25, 0.3) is 0 Å². The normalized spacial score (nSPS) is 16.8. The maximum Gasteiger partial charge on any atom is 0.330 e. The zero-order valence-corrected chi connectivity index (χ0v) is 11.8. The first-order valence-corrected chi connectivity index (χ1v) is 7.23. The lowest BCUT2D eigenvalue weighted by atomic mass is 10.3. The fourth-order valence-electron chi connectivity index (χ4n) is 1.96. The molecule has 1 aromatic heterocycles. The minimum absolute atomic E-state index is 0.249. The van der Waals surface area contributed by atoms with Crippen LogP contribution in [-0.4, -0.2) is 26.7 Å². The molecule has 0 aliphatic heterocycles. The Kier molecular flexibility index (Phi) is 3.68. The minimum Gasteiger partial charge on any atom is -0.310 e. The third-order valence-electron chi connectivity index (χ3n) is 3.62. The molecule has 0 saturated heterocycles. The number of thioether (sulfide) groups is 1. The Hall–Kier alpha value is -1.01. The quantitative estimate of drug-likeness (QED) is 0.822. The Morgan fingerprint density at radius 1 is 1.33 bits per heavy atom. The molecule has 0 spiro atoms. The fraction of sp³-hybridized carbons (Fsp3) is 0.667. The summed E-state index contributed by atoms with van der Waals surface area (Å²) in [4.78, 5) is 23.3. The van der Waals surface area contributed by atoms with Gasteiger partial charge in [-0.2, -0.15) is 11.8 Å².